The minimum atomic E-state index is -0.327. The predicted octanol–water partition coefficient (Wildman–Crippen LogP) is 4.55. The minimum Gasteiger partial charge on any atom is -0.493 e. The zero-order valence-electron chi connectivity index (χ0n) is 15.0. The van der Waals surface area contributed by atoms with Gasteiger partial charge < -0.3 is 14.8 Å². The highest BCUT2D eigenvalue weighted by Gasteiger charge is 2.11. The molecule has 0 fully saturated rings. The van der Waals surface area contributed by atoms with Gasteiger partial charge in [-0.3, -0.25) is 4.79 Å². The van der Waals surface area contributed by atoms with Gasteiger partial charge in [0.2, 0.25) is 5.91 Å². The van der Waals surface area contributed by atoms with E-state index in [9.17, 15) is 9.18 Å². The average molecular weight is 438 g/mol. The second-order valence-corrected chi connectivity index (χ2v) is 8.27. The smallest absolute Gasteiger partial charge is 0.234 e. The van der Waals surface area contributed by atoms with Crippen LogP contribution < -0.4 is 14.8 Å². The lowest BCUT2D eigenvalue weighted by molar-refractivity contribution is -0.113. The highest BCUT2D eigenvalue weighted by atomic mass is 32.2. The van der Waals surface area contributed by atoms with Gasteiger partial charge in [-0.2, -0.15) is 0 Å². The number of nitrogens with zero attached hydrogens (tertiary/aromatic N) is 2. The van der Waals surface area contributed by atoms with Crippen molar-refractivity contribution < 1.29 is 18.7 Å². The minimum absolute atomic E-state index is 0.167. The van der Waals surface area contributed by atoms with Crippen LogP contribution in [-0.4, -0.2) is 35.7 Å². The molecule has 2 aromatic carbocycles. The van der Waals surface area contributed by atoms with Crippen LogP contribution in [-0.2, 0) is 4.79 Å². The Morgan fingerprint density at radius 1 is 1.21 bits per heavy atom. The number of nitrogens with one attached hydrogen (secondary N) is 1. The van der Waals surface area contributed by atoms with E-state index in [-0.39, 0.29) is 17.5 Å². The Kier molecular flexibility index (Phi) is 6.65. The fourth-order valence-electron chi connectivity index (χ4n) is 2.30. The first-order valence-electron chi connectivity index (χ1n) is 8.01. The third-order valence-electron chi connectivity index (χ3n) is 3.59. The number of amides is 1. The summed E-state index contributed by atoms with van der Waals surface area (Å²) < 4.78 is 26.2. The van der Waals surface area contributed by atoms with Crippen LogP contribution in [0.4, 0.5) is 10.1 Å². The summed E-state index contributed by atoms with van der Waals surface area (Å²) in [7, 11) is 3.08. The zero-order valence-corrected chi connectivity index (χ0v) is 17.4. The summed E-state index contributed by atoms with van der Waals surface area (Å²) in [6, 6.07) is 11.0. The summed E-state index contributed by atoms with van der Waals surface area (Å²) in [5.74, 6) is 0.767. The Morgan fingerprint density at radius 3 is 2.61 bits per heavy atom. The predicted molar refractivity (Wildman–Crippen MR) is 111 cm³/mol. The van der Waals surface area contributed by atoms with E-state index in [0.29, 0.717) is 31.2 Å². The van der Waals surface area contributed by atoms with E-state index in [0.717, 1.165) is 0 Å². The standard InChI is InChI=1S/C18H16FN3O3S3/c1-24-14-8-5-12(9-15(14)25-2)20-16(23)10-27-17-21-22(18(26)28-17)13-6-3-11(19)4-7-13/h3-9H,10H2,1-2H3,(H,20,23). The Bertz CT molecular complexity index is 1030. The van der Waals surface area contributed by atoms with Crippen LogP contribution in [0, 0.1) is 9.77 Å². The Balaban J connectivity index is 1.63. The van der Waals surface area contributed by atoms with Crippen molar-refractivity contribution in [1.82, 2.24) is 9.78 Å². The average Bonchev–Trinajstić information content (AvgIpc) is 3.07. The van der Waals surface area contributed by atoms with Crippen molar-refractivity contribution >= 4 is 46.9 Å². The van der Waals surface area contributed by atoms with Gasteiger partial charge in [0, 0.05) is 11.8 Å². The first-order chi connectivity index (χ1) is 13.5. The molecule has 0 radical (unpaired) electrons. The molecule has 0 aliphatic heterocycles. The van der Waals surface area contributed by atoms with E-state index in [1.165, 1.54) is 42.3 Å². The van der Waals surface area contributed by atoms with E-state index in [1.54, 1.807) is 42.1 Å². The fraction of sp³-hybridized carbons (Fsp3) is 0.167. The van der Waals surface area contributed by atoms with Gasteiger partial charge in [-0.1, -0.05) is 23.1 Å². The summed E-state index contributed by atoms with van der Waals surface area (Å²) in [6.07, 6.45) is 0. The second kappa shape index (κ2) is 9.18. The number of ether oxygens (including phenoxy) is 2. The lowest BCUT2D eigenvalue weighted by Crippen LogP contribution is -2.14. The van der Waals surface area contributed by atoms with Crippen LogP contribution in [0.5, 0.6) is 11.5 Å². The van der Waals surface area contributed by atoms with Gasteiger partial charge in [-0.15, -0.1) is 5.10 Å². The van der Waals surface area contributed by atoms with Crippen LogP contribution in [0.15, 0.2) is 46.8 Å². The molecule has 3 rings (SSSR count). The van der Waals surface area contributed by atoms with Gasteiger partial charge in [0.15, 0.2) is 19.8 Å². The highest BCUT2D eigenvalue weighted by Crippen LogP contribution is 2.30. The molecule has 1 N–H and O–H groups in total. The lowest BCUT2D eigenvalue weighted by atomic mass is 10.2. The number of hydrogen-bond acceptors (Lipinski definition) is 7. The molecule has 1 amide bonds. The number of aromatic nitrogens is 2. The van der Waals surface area contributed by atoms with Crippen molar-refractivity contribution in [2.45, 2.75) is 4.34 Å². The number of rotatable bonds is 7. The largest absolute Gasteiger partial charge is 0.493 e. The summed E-state index contributed by atoms with van der Waals surface area (Å²) in [5, 5.41) is 7.20. The van der Waals surface area contributed by atoms with Gasteiger partial charge in [-0.05, 0) is 48.6 Å². The molecular weight excluding hydrogens is 421 g/mol. The number of carbonyl (C=O) groups is 1. The molecule has 0 aliphatic rings. The lowest BCUT2D eigenvalue weighted by Gasteiger charge is -2.10. The number of benzene rings is 2. The molecule has 1 aromatic heterocycles. The Morgan fingerprint density at radius 2 is 1.93 bits per heavy atom. The van der Waals surface area contributed by atoms with Gasteiger partial charge in [-0.25, -0.2) is 9.07 Å². The summed E-state index contributed by atoms with van der Waals surface area (Å²) in [6.45, 7) is 0. The third kappa shape index (κ3) is 4.89. The molecule has 1 heterocycles. The van der Waals surface area contributed by atoms with Crippen molar-refractivity contribution in [3.8, 4) is 17.2 Å². The van der Waals surface area contributed by atoms with Gasteiger partial charge in [0.25, 0.3) is 0 Å². The fourth-order valence-corrected chi connectivity index (χ4v) is 4.46. The zero-order chi connectivity index (χ0) is 20.1. The van der Waals surface area contributed by atoms with E-state index in [4.69, 9.17) is 21.7 Å². The van der Waals surface area contributed by atoms with E-state index in [2.05, 4.69) is 10.4 Å². The molecule has 6 nitrogen and oxygen atoms in total. The van der Waals surface area contributed by atoms with Gasteiger partial charge >= 0.3 is 0 Å². The van der Waals surface area contributed by atoms with Crippen LogP contribution in [0.3, 0.4) is 0 Å². The first-order valence-corrected chi connectivity index (χ1v) is 10.2. The highest BCUT2D eigenvalue weighted by molar-refractivity contribution is 8.01. The molecule has 0 bridgehead atoms. The van der Waals surface area contributed by atoms with Crippen LogP contribution in [0.25, 0.3) is 5.69 Å². The van der Waals surface area contributed by atoms with Crippen molar-refractivity contribution in [2.75, 3.05) is 25.3 Å². The molecule has 0 saturated heterocycles. The van der Waals surface area contributed by atoms with Crippen LogP contribution in [0.2, 0.25) is 0 Å². The molecule has 3 aromatic rings. The van der Waals surface area contributed by atoms with Crippen molar-refractivity contribution in [2.24, 2.45) is 0 Å². The molecule has 0 aliphatic carbocycles. The second-order valence-electron chi connectivity index (χ2n) is 5.43. The van der Waals surface area contributed by atoms with Crippen molar-refractivity contribution in [3.63, 3.8) is 0 Å². The van der Waals surface area contributed by atoms with Gasteiger partial charge in [0.1, 0.15) is 5.82 Å². The summed E-state index contributed by atoms with van der Waals surface area (Å²) >= 11 is 7.88. The molecule has 10 heteroatoms. The maximum absolute atomic E-state index is 13.1. The SMILES string of the molecule is COc1ccc(NC(=O)CSc2nn(-c3ccc(F)cc3)c(=S)s2)cc1OC. The number of carbonyl (C=O) groups excluding carboxylic acids is 1. The third-order valence-corrected chi connectivity index (χ3v) is 5.96. The molecule has 0 atom stereocenters. The molecular formula is C18H16FN3O3S3. The molecule has 146 valence electrons. The van der Waals surface area contributed by atoms with Gasteiger partial charge in [0.05, 0.1) is 25.7 Å². The van der Waals surface area contributed by atoms with Crippen molar-refractivity contribution in [1.29, 1.82) is 0 Å². The van der Waals surface area contributed by atoms with E-state index < -0.39 is 0 Å². The normalized spacial score (nSPS) is 10.5. The monoisotopic (exact) mass is 437 g/mol. The topological polar surface area (TPSA) is 65.4 Å². The van der Waals surface area contributed by atoms with Crippen LogP contribution in [0.1, 0.15) is 0 Å². The molecule has 0 unspecified atom stereocenters. The number of methoxy groups -OCH3 is 2. The van der Waals surface area contributed by atoms with Crippen molar-refractivity contribution in [3.05, 3.63) is 52.2 Å². The quantitative estimate of drug-likeness (QED) is 0.432. The Labute approximate surface area is 174 Å². The molecule has 0 spiro atoms. The van der Waals surface area contributed by atoms with Crippen LogP contribution >= 0.6 is 35.3 Å². The maximum atomic E-state index is 13.1. The number of anilines is 1. The maximum Gasteiger partial charge on any atom is 0.234 e. The number of halogens is 1. The number of thioether (sulfide) groups is 1. The summed E-state index contributed by atoms with van der Waals surface area (Å²) in [4.78, 5) is 12.2. The van der Waals surface area contributed by atoms with E-state index in [1.807, 2.05) is 0 Å². The van der Waals surface area contributed by atoms with E-state index >= 15 is 0 Å². The molecule has 0 saturated carbocycles. The molecule has 28 heavy (non-hydrogen) atoms. The Hall–Kier alpha value is -2.43. The first kappa shape index (κ1) is 20.3. The number of hydrogen-bond donors (Lipinski definition) is 1. The summed E-state index contributed by atoms with van der Waals surface area (Å²) in [5.41, 5.74) is 1.28.